The number of anilines is 1. The van der Waals surface area contributed by atoms with Crippen LogP contribution in [0.3, 0.4) is 0 Å². The Hall–Kier alpha value is -3.84. The number of para-hydroxylation sites is 1. The first-order valence-electron chi connectivity index (χ1n) is 12.3. The third-order valence-corrected chi connectivity index (χ3v) is 6.69. The molecule has 2 amide bonds. The van der Waals surface area contributed by atoms with Crippen LogP contribution in [-0.2, 0) is 21.0 Å². The number of likely N-dealkylation sites (tertiary alicyclic amines) is 1. The summed E-state index contributed by atoms with van der Waals surface area (Å²) in [5.41, 5.74) is 2.48. The smallest absolute Gasteiger partial charge is 0.262 e. The number of nitrogens with zero attached hydrogens (tertiary/aromatic N) is 2. The lowest BCUT2D eigenvalue weighted by Gasteiger charge is -2.29. The van der Waals surface area contributed by atoms with Crippen molar-refractivity contribution in [2.24, 2.45) is 5.92 Å². The molecule has 2 fully saturated rings. The molecule has 0 bridgehead atoms. The molecule has 3 atom stereocenters. The van der Waals surface area contributed by atoms with Crippen LogP contribution >= 0.6 is 0 Å². The lowest BCUT2D eigenvalue weighted by molar-refractivity contribution is -0.143. The number of ether oxygens (including phenoxy) is 2. The number of unbranched alkanes of at least 4 members (excludes halogenated alkanes) is 1. The van der Waals surface area contributed by atoms with Gasteiger partial charge >= 0.3 is 0 Å². The third kappa shape index (κ3) is 4.42. The maximum atomic E-state index is 13.7. The Morgan fingerprint density at radius 3 is 2.31 bits per heavy atom. The molecule has 7 nitrogen and oxygen atoms in total. The van der Waals surface area contributed by atoms with Gasteiger partial charge in [0.1, 0.15) is 5.92 Å². The number of fused-ring (bicyclic) bond motifs is 1. The van der Waals surface area contributed by atoms with Gasteiger partial charge in [-0.05, 0) is 41.8 Å². The number of hydrogen-bond acceptors (Lipinski definition) is 6. The maximum Gasteiger partial charge on any atom is 0.262 e. The second kappa shape index (κ2) is 10.4. The van der Waals surface area contributed by atoms with Crippen LogP contribution in [0.5, 0.6) is 11.5 Å². The molecule has 2 heterocycles. The number of carbonyl (C=O) groups is 2. The van der Waals surface area contributed by atoms with E-state index in [0.717, 1.165) is 29.7 Å². The lowest BCUT2D eigenvalue weighted by atomic mass is 9.90. The van der Waals surface area contributed by atoms with Crippen molar-refractivity contribution in [3.05, 3.63) is 90.0 Å². The van der Waals surface area contributed by atoms with Gasteiger partial charge in [0.05, 0.1) is 32.0 Å². The Balaban J connectivity index is 1.50. The van der Waals surface area contributed by atoms with Crippen LogP contribution in [0.1, 0.15) is 36.9 Å². The Labute approximate surface area is 211 Å². The van der Waals surface area contributed by atoms with Gasteiger partial charge in [-0.1, -0.05) is 67.9 Å². The highest BCUT2D eigenvalue weighted by molar-refractivity contribution is 6.07. The second-order valence-corrected chi connectivity index (χ2v) is 9.02. The van der Waals surface area contributed by atoms with E-state index >= 15 is 0 Å². The molecule has 0 radical (unpaired) electrons. The molecule has 186 valence electrons. The standard InChI is InChI=1S/C29H30N2O5/c1-3-4-17-35-23-16-15-21(18-24(23)34-2)26-25-27(36-31(26)22-13-9-6-10-14-22)29(33)30(28(25)32)19-20-11-7-5-8-12-20/h5-16,18,25-27H,3-4,17,19H2,1-2H3/t25-,26-,27+/m0/s1. The van der Waals surface area contributed by atoms with E-state index < -0.39 is 18.1 Å². The Morgan fingerprint density at radius 1 is 0.889 bits per heavy atom. The Morgan fingerprint density at radius 2 is 1.61 bits per heavy atom. The zero-order chi connectivity index (χ0) is 25.1. The number of benzene rings is 3. The lowest BCUT2D eigenvalue weighted by Crippen LogP contribution is -2.36. The summed E-state index contributed by atoms with van der Waals surface area (Å²) in [6.07, 6.45) is 1.09. The molecule has 3 aromatic rings. The van der Waals surface area contributed by atoms with Crippen LogP contribution in [0.4, 0.5) is 5.69 Å². The van der Waals surface area contributed by atoms with Gasteiger partial charge in [-0.25, -0.2) is 5.06 Å². The van der Waals surface area contributed by atoms with Gasteiger partial charge < -0.3 is 9.47 Å². The summed E-state index contributed by atoms with van der Waals surface area (Å²) in [7, 11) is 1.60. The fourth-order valence-corrected chi connectivity index (χ4v) is 4.85. The van der Waals surface area contributed by atoms with Gasteiger partial charge in [-0.3, -0.25) is 19.3 Å². The molecule has 0 spiro atoms. The highest BCUT2D eigenvalue weighted by Gasteiger charge is 2.59. The molecule has 3 aromatic carbocycles. The second-order valence-electron chi connectivity index (χ2n) is 9.02. The van der Waals surface area contributed by atoms with Crippen molar-refractivity contribution >= 4 is 17.5 Å². The average Bonchev–Trinajstić information content (AvgIpc) is 3.42. The van der Waals surface area contributed by atoms with E-state index in [0.29, 0.717) is 18.1 Å². The topological polar surface area (TPSA) is 68.3 Å². The number of carbonyl (C=O) groups excluding carboxylic acids is 2. The predicted molar refractivity (Wildman–Crippen MR) is 135 cm³/mol. The molecule has 36 heavy (non-hydrogen) atoms. The molecule has 2 aliphatic heterocycles. The van der Waals surface area contributed by atoms with E-state index in [1.165, 1.54) is 4.90 Å². The van der Waals surface area contributed by atoms with Gasteiger partial charge in [-0.15, -0.1) is 0 Å². The fourth-order valence-electron chi connectivity index (χ4n) is 4.85. The minimum Gasteiger partial charge on any atom is -0.493 e. The molecular weight excluding hydrogens is 456 g/mol. The quantitative estimate of drug-likeness (QED) is 0.316. The van der Waals surface area contributed by atoms with Crippen molar-refractivity contribution in [2.75, 3.05) is 18.8 Å². The summed E-state index contributed by atoms with van der Waals surface area (Å²) >= 11 is 0. The molecule has 0 aromatic heterocycles. The maximum absolute atomic E-state index is 13.7. The van der Waals surface area contributed by atoms with Crippen LogP contribution in [0.25, 0.3) is 0 Å². The van der Waals surface area contributed by atoms with Crippen molar-refractivity contribution < 1.29 is 23.9 Å². The molecule has 2 saturated heterocycles. The minimum atomic E-state index is -0.891. The molecule has 0 unspecified atom stereocenters. The number of rotatable bonds is 9. The van der Waals surface area contributed by atoms with E-state index in [4.69, 9.17) is 14.3 Å². The summed E-state index contributed by atoms with van der Waals surface area (Å²) < 4.78 is 11.5. The largest absolute Gasteiger partial charge is 0.493 e. The highest BCUT2D eigenvalue weighted by atomic mass is 16.7. The van der Waals surface area contributed by atoms with Crippen molar-refractivity contribution in [3.63, 3.8) is 0 Å². The summed E-state index contributed by atoms with van der Waals surface area (Å²) in [5, 5.41) is 1.69. The highest BCUT2D eigenvalue weighted by Crippen LogP contribution is 2.48. The molecule has 5 rings (SSSR count). The van der Waals surface area contributed by atoms with Gasteiger partial charge in [0.25, 0.3) is 5.91 Å². The fraction of sp³-hybridized carbons (Fsp3) is 0.310. The van der Waals surface area contributed by atoms with Crippen molar-refractivity contribution in [3.8, 4) is 11.5 Å². The average molecular weight is 487 g/mol. The first kappa shape index (κ1) is 23.9. The van der Waals surface area contributed by atoms with Crippen LogP contribution in [-0.4, -0.2) is 36.5 Å². The van der Waals surface area contributed by atoms with Crippen molar-refractivity contribution in [1.82, 2.24) is 4.90 Å². The normalized spacial score (nSPS) is 21.1. The number of methoxy groups -OCH3 is 1. The first-order valence-corrected chi connectivity index (χ1v) is 12.3. The molecule has 7 heteroatoms. The van der Waals surface area contributed by atoms with Gasteiger partial charge in [0, 0.05) is 0 Å². The van der Waals surface area contributed by atoms with E-state index in [-0.39, 0.29) is 18.4 Å². The minimum absolute atomic E-state index is 0.223. The van der Waals surface area contributed by atoms with Gasteiger partial charge in [0.2, 0.25) is 5.91 Å². The summed E-state index contributed by atoms with van der Waals surface area (Å²) in [6, 6.07) is 24.2. The van der Waals surface area contributed by atoms with Gasteiger partial charge in [-0.2, -0.15) is 0 Å². The first-order chi connectivity index (χ1) is 17.6. The molecule has 0 aliphatic carbocycles. The number of hydroxylamine groups is 1. The summed E-state index contributed by atoms with van der Waals surface area (Å²) in [5.74, 6) is -0.00444. The monoisotopic (exact) mass is 486 g/mol. The van der Waals surface area contributed by atoms with E-state index in [2.05, 4.69) is 6.92 Å². The molecule has 0 saturated carbocycles. The van der Waals surface area contributed by atoms with E-state index in [1.54, 1.807) is 12.2 Å². The SMILES string of the molecule is CCCCOc1ccc([C@H]2[C@@H]3C(=O)N(Cc4ccccc4)C(=O)[C@@H]3ON2c2ccccc2)cc1OC. The molecule has 2 aliphatic rings. The zero-order valence-electron chi connectivity index (χ0n) is 20.5. The van der Waals surface area contributed by atoms with Crippen molar-refractivity contribution in [1.29, 1.82) is 0 Å². The summed E-state index contributed by atoms with van der Waals surface area (Å²) in [4.78, 5) is 34.6. The number of hydrogen-bond donors (Lipinski definition) is 0. The number of imide groups is 1. The van der Waals surface area contributed by atoms with Crippen LogP contribution in [0.15, 0.2) is 78.9 Å². The summed E-state index contributed by atoms with van der Waals surface area (Å²) in [6.45, 7) is 2.93. The Kier molecular flexibility index (Phi) is 6.91. The van der Waals surface area contributed by atoms with Crippen LogP contribution < -0.4 is 14.5 Å². The Bertz CT molecular complexity index is 1220. The predicted octanol–water partition coefficient (Wildman–Crippen LogP) is 4.92. The van der Waals surface area contributed by atoms with E-state index in [1.807, 2.05) is 78.9 Å². The van der Waals surface area contributed by atoms with Crippen LogP contribution in [0, 0.1) is 5.92 Å². The van der Waals surface area contributed by atoms with Crippen molar-refractivity contribution in [2.45, 2.75) is 38.5 Å². The van der Waals surface area contributed by atoms with Gasteiger partial charge in [0.15, 0.2) is 17.6 Å². The molecule has 0 N–H and O–H groups in total. The third-order valence-electron chi connectivity index (χ3n) is 6.69. The van der Waals surface area contributed by atoms with Crippen LogP contribution in [0.2, 0.25) is 0 Å². The van der Waals surface area contributed by atoms with E-state index in [9.17, 15) is 9.59 Å². The molecular formula is C29H30N2O5. The zero-order valence-corrected chi connectivity index (χ0v) is 20.5. The number of amides is 2.